The van der Waals surface area contributed by atoms with E-state index in [9.17, 15) is 4.79 Å². The summed E-state index contributed by atoms with van der Waals surface area (Å²) in [5.74, 6) is 0.606. The molecule has 0 N–H and O–H groups in total. The minimum absolute atomic E-state index is 0.238. The number of hydrogen-bond donors (Lipinski definition) is 0. The Morgan fingerprint density at radius 2 is 1.90 bits per heavy atom. The first-order chi connectivity index (χ1) is 15.1. The van der Waals surface area contributed by atoms with Crippen molar-refractivity contribution in [3.05, 3.63) is 53.6 Å². The lowest BCUT2D eigenvalue weighted by Gasteiger charge is -2.30. The maximum absolute atomic E-state index is 11.7. The second kappa shape index (κ2) is 11.8. The van der Waals surface area contributed by atoms with E-state index in [1.807, 2.05) is 24.3 Å². The zero-order valence-corrected chi connectivity index (χ0v) is 18.9. The standard InChI is InChI=1S/C25H34N2O4/c1-4-26(11-12-27-13-15-31-16-14-27)19-22-9-6-10-23(29-2)25(22)21-8-5-7-20(17-21)18-24(28)30-3/h5-10,17H,4,11-16,18-19H2,1-3H3. The molecule has 2 aromatic carbocycles. The van der Waals surface area contributed by atoms with Crippen LogP contribution in [0.25, 0.3) is 11.1 Å². The second-order valence-electron chi connectivity index (χ2n) is 7.77. The minimum atomic E-state index is -0.238. The summed E-state index contributed by atoms with van der Waals surface area (Å²) in [5.41, 5.74) is 4.29. The van der Waals surface area contributed by atoms with Crippen molar-refractivity contribution >= 4 is 5.97 Å². The van der Waals surface area contributed by atoms with E-state index in [0.717, 1.165) is 74.9 Å². The highest BCUT2D eigenvalue weighted by Crippen LogP contribution is 2.34. The minimum Gasteiger partial charge on any atom is -0.496 e. The molecule has 2 aromatic rings. The van der Waals surface area contributed by atoms with Crippen LogP contribution >= 0.6 is 0 Å². The molecular weight excluding hydrogens is 392 g/mol. The SMILES string of the molecule is CCN(CCN1CCOCC1)Cc1cccc(OC)c1-c1cccc(CC(=O)OC)c1. The van der Waals surface area contributed by atoms with Crippen LogP contribution < -0.4 is 4.74 Å². The van der Waals surface area contributed by atoms with E-state index < -0.39 is 0 Å². The van der Waals surface area contributed by atoms with Crippen LogP contribution in [0.1, 0.15) is 18.1 Å². The molecule has 0 aromatic heterocycles. The molecular formula is C25H34N2O4. The molecule has 3 rings (SSSR count). The van der Waals surface area contributed by atoms with Crippen LogP contribution in [0.3, 0.4) is 0 Å². The first kappa shape index (κ1) is 23.3. The third-order valence-corrected chi connectivity index (χ3v) is 5.80. The van der Waals surface area contributed by atoms with Crippen molar-refractivity contribution in [2.75, 3.05) is 60.2 Å². The highest BCUT2D eigenvalue weighted by atomic mass is 16.5. The highest BCUT2D eigenvalue weighted by Gasteiger charge is 2.17. The van der Waals surface area contributed by atoms with Crippen molar-refractivity contribution in [2.45, 2.75) is 19.9 Å². The Labute approximate surface area is 185 Å². The van der Waals surface area contributed by atoms with Gasteiger partial charge in [0.25, 0.3) is 0 Å². The summed E-state index contributed by atoms with van der Waals surface area (Å²) in [7, 11) is 3.12. The van der Waals surface area contributed by atoms with Gasteiger partial charge in [-0.1, -0.05) is 43.3 Å². The molecule has 1 aliphatic heterocycles. The summed E-state index contributed by atoms with van der Waals surface area (Å²) in [4.78, 5) is 16.7. The van der Waals surface area contributed by atoms with Crippen LogP contribution in [0.2, 0.25) is 0 Å². The Morgan fingerprint density at radius 3 is 2.61 bits per heavy atom. The van der Waals surface area contributed by atoms with Gasteiger partial charge in [-0.25, -0.2) is 0 Å². The van der Waals surface area contributed by atoms with Gasteiger partial charge in [-0.15, -0.1) is 0 Å². The monoisotopic (exact) mass is 426 g/mol. The predicted octanol–water partition coefficient (Wildman–Crippen LogP) is 3.23. The largest absolute Gasteiger partial charge is 0.496 e. The Hall–Kier alpha value is -2.41. The van der Waals surface area contributed by atoms with Gasteiger partial charge in [0.1, 0.15) is 5.75 Å². The fraction of sp³-hybridized carbons (Fsp3) is 0.480. The number of esters is 1. The lowest BCUT2D eigenvalue weighted by atomic mass is 9.96. The van der Waals surface area contributed by atoms with Gasteiger partial charge in [0, 0.05) is 38.3 Å². The van der Waals surface area contributed by atoms with E-state index >= 15 is 0 Å². The maximum atomic E-state index is 11.7. The van der Waals surface area contributed by atoms with Gasteiger partial charge in [-0.3, -0.25) is 14.6 Å². The van der Waals surface area contributed by atoms with Crippen molar-refractivity contribution in [3.8, 4) is 16.9 Å². The Balaban J connectivity index is 1.81. The average Bonchev–Trinajstić information content (AvgIpc) is 2.82. The number of likely N-dealkylation sites (N-methyl/N-ethyl adjacent to an activating group) is 1. The quantitative estimate of drug-likeness (QED) is 0.544. The first-order valence-electron chi connectivity index (χ1n) is 11.0. The zero-order chi connectivity index (χ0) is 22.1. The summed E-state index contributed by atoms with van der Waals surface area (Å²) in [6, 6.07) is 14.3. The fourth-order valence-corrected chi connectivity index (χ4v) is 3.98. The van der Waals surface area contributed by atoms with E-state index in [0.29, 0.717) is 0 Å². The van der Waals surface area contributed by atoms with Crippen molar-refractivity contribution in [2.24, 2.45) is 0 Å². The number of rotatable bonds is 10. The average molecular weight is 427 g/mol. The van der Waals surface area contributed by atoms with Gasteiger partial charge in [-0.05, 0) is 29.3 Å². The van der Waals surface area contributed by atoms with Gasteiger partial charge in [-0.2, -0.15) is 0 Å². The lowest BCUT2D eigenvalue weighted by molar-refractivity contribution is -0.139. The van der Waals surface area contributed by atoms with E-state index in [1.54, 1.807) is 7.11 Å². The molecule has 0 aliphatic carbocycles. The maximum Gasteiger partial charge on any atom is 0.309 e. The molecule has 0 amide bonds. The molecule has 6 heteroatoms. The fourth-order valence-electron chi connectivity index (χ4n) is 3.98. The van der Waals surface area contributed by atoms with Crippen molar-refractivity contribution in [3.63, 3.8) is 0 Å². The Morgan fingerprint density at radius 1 is 1.13 bits per heavy atom. The summed E-state index contributed by atoms with van der Waals surface area (Å²) in [6.45, 7) is 9.75. The van der Waals surface area contributed by atoms with Crippen molar-refractivity contribution in [1.29, 1.82) is 0 Å². The number of morpholine rings is 1. The molecule has 0 spiro atoms. The van der Waals surface area contributed by atoms with Crippen LogP contribution in [0.5, 0.6) is 5.75 Å². The molecule has 0 bridgehead atoms. The highest BCUT2D eigenvalue weighted by molar-refractivity contribution is 5.77. The van der Waals surface area contributed by atoms with Gasteiger partial charge in [0.15, 0.2) is 0 Å². The van der Waals surface area contributed by atoms with Crippen molar-refractivity contribution < 1.29 is 19.0 Å². The Kier molecular flexibility index (Phi) is 8.88. The Bertz CT molecular complexity index is 849. The first-order valence-corrected chi connectivity index (χ1v) is 11.0. The molecule has 1 heterocycles. The molecule has 0 atom stereocenters. The van der Waals surface area contributed by atoms with Crippen LogP contribution in [-0.4, -0.2) is 75.9 Å². The normalized spacial score (nSPS) is 14.6. The molecule has 0 unspecified atom stereocenters. The molecule has 1 aliphatic rings. The van der Waals surface area contributed by atoms with Crippen LogP contribution in [0, 0.1) is 0 Å². The predicted molar refractivity (Wildman–Crippen MR) is 122 cm³/mol. The second-order valence-corrected chi connectivity index (χ2v) is 7.77. The number of carbonyl (C=O) groups excluding carboxylic acids is 1. The van der Waals surface area contributed by atoms with E-state index in [1.165, 1.54) is 12.7 Å². The van der Waals surface area contributed by atoms with E-state index in [-0.39, 0.29) is 12.4 Å². The number of carbonyl (C=O) groups is 1. The van der Waals surface area contributed by atoms with Crippen LogP contribution in [-0.2, 0) is 27.2 Å². The molecule has 168 valence electrons. The van der Waals surface area contributed by atoms with Crippen molar-refractivity contribution in [1.82, 2.24) is 9.80 Å². The molecule has 1 fully saturated rings. The molecule has 6 nitrogen and oxygen atoms in total. The van der Waals surface area contributed by atoms with Gasteiger partial charge < -0.3 is 14.2 Å². The number of nitrogens with zero attached hydrogens (tertiary/aromatic N) is 2. The number of methoxy groups -OCH3 is 2. The third-order valence-electron chi connectivity index (χ3n) is 5.80. The molecule has 0 radical (unpaired) electrons. The van der Waals surface area contributed by atoms with Crippen LogP contribution in [0.4, 0.5) is 0 Å². The van der Waals surface area contributed by atoms with E-state index in [2.05, 4.69) is 34.9 Å². The van der Waals surface area contributed by atoms with Gasteiger partial charge in [0.05, 0.1) is 33.9 Å². The van der Waals surface area contributed by atoms with Gasteiger partial charge >= 0.3 is 5.97 Å². The molecule has 1 saturated heterocycles. The number of ether oxygens (including phenoxy) is 3. The summed E-state index contributed by atoms with van der Waals surface area (Å²) < 4.78 is 16.0. The smallest absolute Gasteiger partial charge is 0.309 e. The summed E-state index contributed by atoms with van der Waals surface area (Å²) in [6.07, 6.45) is 0.259. The summed E-state index contributed by atoms with van der Waals surface area (Å²) >= 11 is 0. The van der Waals surface area contributed by atoms with Gasteiger partial charge in [0.2, 0.25) is 0 Å². The zero-order valence-electron chi connectivity index (χ0n) is 18.9. The number of benzene rings is 2. The lowest BCUT2D eigenvalue weighted by Crippen LogP contribution is -2.41. The molecule has 0 saturated carbocycles. The number of hydrogen-bond acceptors (Lipinski definition) is 6. The third kappa shape index (κ3) is 6.53. The summed E-state index contributed by atoms with van der Waals surface area (Å²) in [5, 5.41) is 0. The van der Waals surface area contributed by atoms with E-state index in [4.69, 9.17) is 14.2 Å². The molecule has 31 heavy (non-hydrogen) atoms. The van der Waals surface area contributed by atoms with Crippen LogP contribution in [0.15, 0.2) is 42.5 Å². The topological polar surface area (TPSA) is 51.2 Å².